The van der Waals surface area contributed by atoms with E-state index < -0.39 is 0 Å². The van der Waals surface area contributed by atoms with Gasteiger partial charge in [-0.3, -0.25) is 9.69 Å². The van der Waals surface area contributed by atoms with Crippen molar-refractivity contribution in [2.45, 2.75) is 38.1 Å². The summed E-state index contributed by atoms with van der Waals surface area (Å²) in [7, 11) is 2.05. The molecule has 0 spiro atoms. The number of para-hydroxylation sites is 1. The van der Waals surface area contributed by atoms with Gasteiger partial charge < -0.3 is 15.4 Å². The Morgan fingerprint density at radius 1 is 1.06 bits per heavy atom. The molecule has 0 unspecified atom stereocenters. The number of nitrogens with zero attached hydrogens (tertiary/aromatic N) is 3. The van der Waals surface area contributed by atoms with Crippen LogP contribution in [-0.2, 0) is 6.42 Å². The summed E-state index contributed by atoms with van der Waals surface area (Å²) in [6.45, 7) is -0.0450. The van der Waals surface area contributed by atoms with Crippen LogP contribution in [0, 0.1) is 5.92 Å². The van der Waals surface area contributed by atoms with Crippen molar-refractivity contribution in [3.8, 4) is 5.88 Å². The van der Waals surface area contributed by atoms with Crippen molar-refractivity contribution in [3.05, 3.63) is 69.8 Å². The fourth-order valence-electron chi connectivity index (χ4n) is 4.77. The third-order valence-corrected chi connectivity index (χ3v) is 7.37. The minimum atomic E-state index is -0.319. The van der Waals surface area contributed by atoms with Gasteiger partial charge in [0.05, 0.1) is 15.7 Å². The number of carbonyl (C=O) groups is 1. The standard InChI is InChI=1S/C26H27Cl2N5O2/c1-29-18-9-5-16(6-10-18)13-17-7-11-19(12-8-17)31-26-30-14-20-24(32-26)35-15-33(25(20)34)23-21(27)3-2-4-22(23)28/h2-4,7-8,11-12,14,16,18,29H,5-6,9-10,13,15H2,1H3,(H,30,31,32). The third-order valence-electron chi connectivity index (χ3n) is 6.76. The quantitative estimate of drug-likeness (QED) is 0.432. The number of amides is 1. The number of halogens is 2. The SMILES string of the molecule is CNC1CCC(Cc2ccc(Nc3ncc4c(n3)OCN(c3c(Cl)cccc3Cl)C4=O)cc2)CC1. The average molecular weight is 512 g/mol. The van der Waals surface area contributed by atoms with Crippen molar-refractivity contribution >= 4 is 46.4 Å². The van der Waals surface area contributed by atoms with Gasteiger partial charge in [-0.15, -0.1) is 0 Å². The largest absolute Gasteiger partial charge is 0.455 e. The van der Waals surface area contributed by atoms with E-state index >= 15 is 0 Å². The van der Waals surface area contributed by atoms with E-state index in [4.69, 9.17) is 27.9 Å². The molecule has 1 saturated carbocycles. The van der Waals surface area contributed by atoms with Crippen LogP contribution in [0.2, 0.25) is 10.0 Å². The maximum Gasteiger partial charge on any atom is 0.268 e. The van der Waals surface area contributed by atoms with Crippen LogP contribution in [0.1, 0.15) is 41.6 Å². The number of hydrogen-bond acceptors (Lipinski definition) is 6. The summed E-state index contributed by atoms with van der Waals surface area (Å²) in [5, 5.41) is 7.32. The Kier molecular flexibility index (Phi) is 7.09. The highest BCUT2D eigenvalue weighted by atomic mass is 35.5. The second-order valence-corrected chi connectivity index (χ2v) is 9.84. The summed E-state index contributed by atoms with van der Waals surface area (Å²) in [6.07, 6.45) is 7.61. The van der Waals surface area contributed by atoms with Crippen molar-refractivity contribution in [2.24, 2.45) is 5.92 Å². The van der Waals surface area contributed by atoms with Gasteiger partial charge in [-0.1, -0.05) is 41.4 Å². The Bertz CT molecular complexity index is 1190. The van der Waals surface area contributed by atoms with E-state index in [1.54, 1.807) is 18.2 Å². The van der Waals surface area contributed by atoms with Crippen molar-refractivity contribution in [3.63, 3.8) is 0 Å². The minimum Gasteiger partial charge on any atom is -0.455 e. The van der Waals surface area contributed by atoms with Gasteiger partial charge in [0.2, 0.25) is 11.8 Å². The van der Waals surface area contributed by atoms with Crippen LogP contribution in [0.5, 0.6) is 5.88 Å². The average Bonchev–Trinajstić information content (AvgIpc) is 2.87. The summed E-state index contributed by atoms with van der Waals surface area (Å²) < 4.78 is 5.76. The zero-order chi connectivity index (χ0) is 24.4. The Balaban J connectivity index is 1.24. The van der Waals surface area contributed by atoms with Crippen LogP contribution in [0.4, 0.5) is 17.3 Å². The summed E-state index contributed by atoms with van der Waals surface area (Å²) in [5.74, 6) is 1.01. The van der Waals surface area contributed by atoms with E-state index in [2.05, 4.69) is 39.8 Å². The van der Waals surface area contributed by atoms with Crippen molar-refractivity contribution in [1.29, 1.82) is 0 Å². The smallest absolute Gasteiger partial charge is 0.268 e. The maximum atomic E-state index is 13.1. The van der Waals surface area contributed by atoms with Crippen molar-refractivity contribution < 1.29 is 9.53 Å². The maximum absolute atomic E-state index is 13.1. The van der Waals surface area contributed by atoms with Crippen LogP contribution in [0.15, 0.2) is 48.7 Å². The normalized spacial score (nSPS) is 19.7. The molecule has 0 bridgehead atoms. The van der Waals surface area contributed by atoms with E-state index in [1.807, 2.05) is 12.1 Å². The van der Waals surface area contributed by atoms with Gasteiger partial charge in [-0.05, 0) is 74.9 Å². The molecule has 0 radical (unpaired) electrons. The molecule has 7 nitrogen and oxygen atoms in total. The number of anilines is 3. The molecular weight excluding hydrogens is 485 g/mol. The van der Waals surface area contributed by atoms with Gasteiger partial charge >= 0.3 is 0 Å². The molecule has 0 saturated heterocycles. The van der Waals surface area contributed by atoms with Gasteiger partial charge in [0.1, 0.15) is 5.56 Å². The molecular formula is C26H27Cl2N5O2. The highest BCUT2D eigenvalue weighted by molar-refractivity contribution is 6.40. The van der Waals surface area contributed by atoms with E-state index in [1.165, 1.54) is 42.3 Å². The molecule has 9 heteroatoms. The molecule has 1 amide bonds. The fraction of sp³-hybridized carbons (Fsp3) is 0.346. The number of ether oxygens (including phenoxy) is 1. The van der Waals surface area contributed by atoms with Crippen LogP contribution >= 0.6 is 23.2 Å². The second kappa shape index (κ2) is 10.4. The molecule has 1 aliphatic heterocycles. The molecule has 2 heterocycles. The van der Waals surface area contributed by atoms with E-state index in [0.29, 0.717) is 27.7 Å². The lowest BCUT2D eigenvalue weighted by Gasteiger charge is -2.29. The monoisotopic (exact) mass is 511 g/mol. The predicted molar refractivity (Wildman–Crippen MR) is 139 cm³/mol. The number of aromatic nitrogens is 2. The zero-order valence-corrected chi connectivity index (χ0v) is 20.9. The molecule has 35 heavy (non-hydrogen) atoms. The number of hydrogen-bond donors (Lipinski definition) is 2. The van der Waals surface area contributed by atoms with Gasteiger partial charge in [0, 0.05) is 17.9 Å². The summed E-state index contributed by atoms with van der Waals surface area (Å²) in [6, 6.07) is 14.1. The lowest BCUT2D eigenvalue weighted by Crippen LogP contribution is -2.39. The first-order chi connectivity index (χ1) is 17.0. The summed E-state index contributed by atoms with van der Waals surface area (Å²) in [5.41, 5.74) is 2.87. The molecule has 5 rings (SSSR count). The Hall–Kier alpha value is -2.87. The summed E-state index contributed by atoms with van der Waals surface area (Å²) >= 11 is 12.5. The number of carbonyl (C=O) groups excluding carboxylic acids is 1. The number of fused-ring (bicyclic) bond motifs is 1. The van der Waals surface area contributed by atoms with E-state index in [9.17, 15) is 4.79 Å². The van der Waals surface area contributed by atoms with Gasteiger partial charge in [-0.25, -0.2) is 4.98 Å². The minimum absolute atomic E-state index is 0.0450. The first-order valence-electron chi connectivity index (χ1n) is 11.8. The van der Waals surface area contributed by atoms with Gasteiger partial charge in [0.15, 0.2) is 6.73 Å². The first-order valence-corrected chi connectivity index (χ1v) is 12.6. The van der Waals surface area contributed by atoms with Crippen LogP contribution < -0.4 is 20.3 Å². The van der Waals surface area contributed by atoms with E-state index in [0.717, 1.165) is 18.0 Å². The predicted octanol–water partition coefficient (Wildman–Crippen LogP) is 5.84. The topological polar surface area (TPSA) is 79.4 Å². The molecule has 2 aromatic carbocycles. The molecule has 3 aromatic rings. The number of nitrogens with one attached hydrogen (secondary N) is 2. The van der Waals surface area contributed by atoms with Crippen LogP contribution in [0.3, 0.4) is 0 Å². The first kappa shape index (κ1) is 23.9. The highest BCUT2D eigenvalue weighted by Crippen LogP contribution is 2.37. The van der Waals surface area contributed by atoms with Crippen LogP contribution in [-0.4, -0.2) is 35.7 Å². The molecule has 0 atom stereocenters. The molecule has 1 fully saturated rings. The molecule has 2 N–H and O–H groups in total. The Morgan fingerprint density at radius 2 is 1.77 bits per heavy atom. The van der Waals surface area contributed by atoms with Gasteiger partial charge in [-0.2, -0.15) is 4.98 Å². The highest BCUT2D eigenvalue weighted by Gasteiger charge is 2.31. The lowest BCUT2D eigenvalue weighted by molar-refractivity contribution is 0.0932. The zero-order valence-electron chi connectivity index (χ0n) is 19.4. The fourth-order valence-corrected chi connectivity index (χ4v) is 5.37. The van der Waals surface area contributed by atoms with Crippen molar-refractivity contribution in [2.75, 3.05) is 24.0 Å². The number of rotatable bonds is 6. The van der Waals surface area contributed by atoms with Crippen LogP contribution in [0.25, 0.3) is 0 Å². The number of benzene rings is 2. The molecule has 1 aromatic heterocycles. The van der Waals surface area contributed by atoms with Crippen molar-refractivity contribution in [1.82, 2.24) is 15.3 Å². The Labute approximate surface area is 214 Å². The van der Waals surface area contributed by atoms with Gasteiger partial charge in [0.25, 0.3) is 5.91 Å². The molecule has 1 aliphatic carbocycles. The van der Waals surface area contributed by atoms with E-state index in [-0.39, 0.29) is 24.1 Å². The summed E-state index contributed by atoms with van der Waals surface area (Å²) in [4.78, 5) is 23.2. The molecule has 182 valence electrons. The lowest BCUT2D eigenvalue weighted by atomic mass is 9.82. The third kappa shape index (κ3) is 5.22. The Morgan fingerprint density at radius 3 is 2.46 bits per heavy atom. The second-order valence-electron chi connectivity index (χ2n) is 9.02. The molecule has 2 aliphatic rings.